The van der Waals surface area contributed by atoms with Gasteiger partial charge in [-0.2, -0.15) is 0 Å². The Labute approximate surface area is 94.4 Å². The van der Waals surface area contributed by atoms with Gasteiger partial charge in [-0.3, -0.25) is 4.90 Å². The molecule has 3 atom stereocenters. The van der Waals surface area contributed by atoms with E-state index in [1.54, 1.807) is 0 Å². The zero-order valence-corrected chi connectivity index (χ0v) is 10.3. The molecule has 2 heteroatoms. The normalized spacial score (nSPS) is 40.0. The van der Waals surface area contributed by atoms with Crippen LogP contribution in [-0.2, 0) is 0 Å². The van der Waals surface area contributed by atoms with Crippen LogP contribution in [0.1, 0.15) is 52.4 Å². The summed E-state index contributed by atoms with van der Waals surface area (Å²) in [6.45, 7) is 7.30. The van der Waals surface area contributed by atoms with Gasteiger partial charge in [-0.1, -0.05) is 6.42 Å². The number of likely N-dealkylation sites (tertiary alicyclic amines) is 1. The third-order valence-corrected chi connectivity index (χ3v) is 4.23. The first-order valence-electron chi connectivity index (χ1n) is 6.77. The molecule has 0 aromatic carbocycles. The lowest BCUT2D eigenvalue weighted by molar-refractivity contribution is 0.0491. The number of hydrogen-bond donors (Lipinski definition) is 1. The highest BCUT2D eigenvalue weighted by Crippen LogP contribution is 2.28. The predicted molar refractivity (Wildman–Crippen MR) is 65.1 cm³/mol. The molecule has 0 spiro atoms. The molecule has 0 saturated carbocycles. The van der Waals surface area contributed by atoms with E-state index < -0.39 is 0 Å². The summed E-state index contributed by atoms with van der Waals surface area (Å²) >= 11 is 0. The maximum Gasteiger partial charge on any atom is 0.0113 e. The van der Waals surface area contributed by atoms with E-state index >= 15 is 0 Å². The lowest BCUT2D eigenvalue weighted by Crippen LogP contribution is -2.50. The second kappa shape index (κ2) is 5.31. The van der Waals surface area contributed by atoms with Crippen molar-refractivity contribution >= 4 is 0 Å². The van der Waals surface area contributed by atoms with Gasteiger partial charge in [0.05, 0.1) is 0 Å². The highest BCUT2D eigenvalue weighted by Gasteiger charge is 2.30. The minimum Gasteiger partial charge on any atom is -0.317 e. The van der Waals surface area contributed by atoms with E-state index in [4.69, 9.17) is 0 Å². The van der Waals surface area contributed by atoms with Crippen LogP contribution >= 0.6 is 0 Å². The summed E-state index contributed by atoms with van der Waals surface area (Å²) in [5.74, 6) is 0. The van der Waals surface area contributed by atoms with Crippen molar-refractivity contribution < 1.29 is 0 Å². The Morgan fingerprint density at radius 1 is 0.867 bits per heavy atom. The quantitative estimate of drug-likeness (QED) is 0.715. The minimum absolute atomic E-state index is 0.817. The van der Waals surface area contributed by atoms with Crippen LogP contribution in [0.2, 0.25) is 0 Å². The molecular formula is C13H26N2. The molecule has 0 aliphatic carbocycles. The van der Waals surface area contributed by atoms with E-state index in [1.807, 2.05) is 0 Å². The van der Waals surface area contributed by atoms with E-state index in [1.165, 1.54) is 51.6 Å². The van der Waals surface area contributed by atoms with Gasteiger partial charge in [-0.25, -0.2) is 0 Å². The van der Waals surface area contributed by atoms with Gasteiger partial charge in [0.25, 0.3) is 0 Å². The summed E-state index contributed by atoms with van der Waals surface area (Å²) in [4.78, 5) is 2.82. The van der Waals surface area contributed by atoms with E-state index in [9.17, 15) is 0 Å². The molecule has 2 nitrogen and oxygen atoms in total. The molecule has 0 aromatic rings. The highest BCUT2D eigenvalue weighted by molar-refractivity contribution is 4.86. The first-order chi connectivity index (χ1) is 7.29. The Morgan fingerprint density at radius 2 is 1.60 bits per heavy atom. The molecule has 2 heterocycles. The van der Waals surface area contributed by atoms with Crippen LogP contribution in [0.3, 0.4) is 0 Å². The lowest BCUT2D eigenvalue weighted by atomic mass is 9.93. The van der Waals surface area contributed by atoms with Gasteiger partial charge in [0.2, 0.25) is 0 Å². The summed E-state index contributed by atoms with van der Waals surface area (Å²) in [5.41, 5.74) is 0. The number of piperidine rings is 1. The molecule has 2 aliphatic heterocycles. The average Bonchev–Trinajstić information content (AvgIpc) is 2.46. The average molecular weight is 210 g/mol. The molecule has 2 rings (SSSR count). The van der Waals surface area contributed by atoms with Crippen molar-refractivity contribution in [3.8, 4) is 0 Å². The molecule has 3 unspecified atom stereocenters. The van der Waals surface area contributed by atoms with E-state index in [0.717, 1.165) is 18.1 Å². The molecule has 1 N–H and O–H groups in total. The highest BCUT2D eigenvalue weighted by atomic mass is 15.2. The number of nitrogens with zero attached hydrogens (tertiary/aromatic N) is 1. The zero-order chi connectivity index (χ0) is 10.7. The Morgan fingerprint density at radius 3 is 2.33 bits per heavy atom. The van der Waals surface area contributed by atoms with Crippen LogP contribution in [0, 0.1) is 0 Å². The van der Waals surface area contributed by atoms with Crippen molar-refractivity contribution in [2.45, 2.75) is 70.5 Å². The van der Waals surface area contributed by atoms with Gasteiger partial charge in [-0.05, 0) is 59.0 Å². The third kappa shape index (κ3) is 2.73. The number of hydrogen-bond acceptors (Lipinski definition) is 2. The van der Waals surface area contributed by atoms with Gasteiger partial charge in [0, 0.05) is 18.1 Å². The molecule has 15 heavy (non-hydrogen) atoms. The first-order valence-corrected chi connectivity index (χ1v) is 6.77. The summed E-state index contributed by atoms with van der Waals surface area (Å²) < 4.78 is 0. The van der Waals surface area contributed by atoms with Crippen LogP contribution < -0.4 is 5.32 Å². The van der Waals surface area contributed by atoms with Crippen molar-refractivity contribution in [1.29, 1.82) is 0 Å². The Hall–Kier alpha value is -0.0800. The maximum absolute atomic E-state index is 3.52. The van der Waals surface area contributed by atoms with Gasteiger partial charge >= 0.3 is 0 Å². The second-order valence-electron chi connectivity index (χ2n) is 5.41. The summed E-state index contributed by atoms with van der Waals surface area (Å²) in [6.07, 6.45) is 8.38. The Balaban J connectivity index is 1.98. The Kier molecular flexibility index (Phi) is 4.04. The van der Waals surface area contributed by atoms with E-state index in [2.05, 4.69) is 24.1 Å². The summed E-state index contributed by atoms with van der Waals surface area (Å²) in [7, 11) is 0. The van der Waals surface area contributed by atoms with Crippen LogP contribution in [0.25, 0.3) is 0 Å². The molecule has 0 aromatic heterocycles. The largest absolute Gasteiger partial charge is 0.317 e. The van der Waals surface area contributed by atoms with Crippen molar-refractivity contribution in [1.82, 2.24) is 10.2 Å². The third-order valence-electron chi connectivity index (χ3n) is 4.23. The second-order valence-corrected chi connectivity index (χ2v) is 5.41. The molecule has 88 valence electrons. The summed E-state index contributed by atoms with van der Waals surface area (Å²) in [5, 5.41) is 3.52. The number of rotatable bonds is 1. The molecule has 2 aliphatic rings. The topological polar surface area (TPSA) is 15.3 Å². The van der Waals surface area contributed by atoms with Gasteiger partial charge in [0.15, 0.2) is 0 Å². The first kappa shape index (κ1) is 11.4. The van der Waals surface area contributed by atoms with Crippen LogP contribution in [0.4, 0.5) is 0 Å². The van der Waals surface area contributed by atoms with Gasteiger partial charge in [-0.15, -0.1) is 0 Å². The molecule has 0 bridgehead atoms. The van der Waals surface area contributed by atoms with Gasteiger partial charge < -0.3 is 5.32 Å². The minimum atomic E-state index is 0.817. The van der Waals surface area contributed by atoms with E-state index in [-0.39, 0.29) is 0 Å². The molecule has 0 amide bonds. The van der Waals surface area contributed by atoms with Crippen LogP contribution in [0.5, 0.6) is 0 Å². The van der Waals surface area contributed by atoms with Crippen molar-refractivity contribution in [3.05, 3.63) is 0 Å². The molecule has 2 fully saturated rings. The number of nitrogens with one attached hydrogen (secondary N) is 1. The molecule has 0 radical (unpaired) electrons. The molecule has 2 saturated heterocycles. The van der Waals surface area contributed by atoms with Crippen molar-refractivity contribution in [3.63, 3.8) is 0 Å². The summed E-state index contributed by atoms with van der Waals surface area (Å²) in [6, 6.07) is 2.49. The smallest absolute Gasteiger partial charge is 0.0113 e. The predicted octanol–water partition coefficient (Wildman–Crippen LogP) is 2.39. The maximum atomic E-state index is 3.52. The Bertz CT molecular complexity index is 175. The van der Waals surface area contributed by atoms with Crippen molar-refractivity contribution in [2.24, 2.45) is 0 Å². The zero-order valence-electron chi connectivity index (χ0n) is 10.3. The van der Waals surface area contributed by atoms with E-state index in [0.29, 0.717) is 0 Å². The fraction of sp³-hybridized carbons (Fsp3) is 1.00. The van der Waals surface area contributed by atoms with Crippen LogP contribution in [-0.4, -0.2) is 36.1 Å². The van der Waals surface area contributed by atoms with Crippen molar-refractivity contribution in [2.75, 3.05) is 13.1 Å². The van der Waals surface area contributed by atoms with Gasteiger partial charge in [0.1, 0.15) is 0 Å². The lowest BCUT2D eigenvalue weighted by Gasteiger charge is -2.44. The van der Waals surface area contributed by atoms with Crippen LogP contribution in [0.15, 0.2) is 0 Å². The molecular weight excluding hydrogens is 184 g/mol. The fourth-order valence-electron chi connectivity index (χ4n) is 3.46. The monoisotopic (exact) mass is 210 g/mol. The standard InChI is InChI=1S/C13H26N2/c1-11-5-3-6-12(2)15(11)13-7-4-9-14-10-8-13/h11-14H,3-10H2,1-2H3. The SMILES string of the molecule is CC1CCCC(C)N1C1CCCNCC1. The fourth-order valence-corrected chi connectivity index (χ4v) is 3.46.